The van der Waals surface area contributed by atoms with E-state index >= 15 is 0 Å². The van der Waals surface area contributed by atoms with Gasteiger partial charge in [-0.2, -0.15) is 0 Å². The Labute approximate surface area is 230 Å². The highest BCUT2D eigenvalue weighted by atomic mass is 35.5. The van der Waals surface area contributed by atoms with Crippen LogP contribution in [0.15, 0.2) is 66.7 Å². The fourth-order valence-corrected chi connectivity index (χ4v) is 6.13. The summed E-state index contributed by atoms with van der Waals surface area (Å²) < 4.78 is 6.03. The summed E-state index contributed by atoms with van der Waals surface area (Å²) in [6, 6.07) is 22.1. The van der Waals surface area contributed by atoms with Crippen molar-refractivity contribution in [3.8, 4) is 5.75 Å². The number of aryl methyl sites for hydroxylation is 1. The van der Waals surface area contributed by atoms with Gasteiger partial charge in [0.25, 0.3) is 5.91 Å². The van der Waals surface area contributed by atoms with Crippen molar-refractivity contribution in [2.75, 3.05) is 39.8 Å². The Bertz CT molecular complexity index is 1270. The van der Waals surface area contributed by atoms with Crippen molar-refractivity contribution in [2.24, 2.45) is 0 Å². The summed E-state index contributed by atoms with van der Waals surface area (Å²) in [6.07, 6.45) is 3.14. The number of amides is 1. The van der Waals surface area contributed by atoms with Gasteiger partial charge < -0.3 is 14.5 Å². The van der Waals surface area contributed by atoms with Gasteiger partial charge in [-0.05, 0) is 81.7 Å². The zero-order chi connectivity index (χ0) is 26.0. The molecular formula is C31H34Cl2N2O2. The van der Waals surface area contributed by atoms with Crippen LogP contribution in [0.3, 0.4) is 0 Å². The van der Waals surface area contributed by atoms with Crippen LogP contribution >= 0.6 is 23.2 Å². The maximum atomic E-state index is 13.2. The molecule has 1 atom stereocenters. The number of halogens is 2. The summed E-state index contributed by atoms with van der Waals surface area (Å²) in [4.78, 5) is 17.6. The molecule has 2 aliphatic rings. The second-order valence-electron chi connectivity index (χ2n) is 10.6. The van der Waals surface area contributed by atoms with Crippen molar-refractivity contribution in [1.82, 2.24) is 9.80 Å². The number of ether oxygens (including phenoxy) is 1. The molecule has 3 aromatic rings. The van der Waals surface area contributed by atoms with Crippen LogP contribution in [0.25, 0.3) is 0 Å². The molecule has 3 aromatic carbocycles. The molecule has 2 aliphatic heterocycles. The highest BCUT2D eigenvalue weighted by molar-refractivity contribution is 6.42. The molecule has 37 heavy (non-hydrogen) atoms. The molecular weight excluding hydrogens is 503 g/mol. The predicted molar refractivity (Wildman–Crippen MR) is 151 cm³/mol. The molecule has 0 aliphatic carbocycles. The van der Waals surface area contributed by atoms with Crippen molar-refractivity contribution in [3.05, 3.63) is 99.0 Å². The van der Waals surface area contributed by atoms with E-state index in [1.54, 1.807) is 0 Å². The second kappa shape index (κ2) is 11.1. The highest BCUT2D eigenvalue weighted by Gasteiger charge is 2.42. The molecule has 5 rings (SSSR count). The molecule has 1 amide bonds. The van der Waals surface area contributed by atoms with E-state index in [0.717, 1.165) is 67.9 Å². The van der Waals surface area contributed by atoms with Gasteiger partial charge in [-0.3, -0.25) is 4.79 Å². The van der Waals surface area contributed by atoms with Gasteiger partial charge in [0.05, 0.1) is 16.7 Å². The lowest BCUT2D eigenvalue weighted by molar-refractivity contribution is 0.0779. The Balaban J connectivity index is 1.26. The van der Waals surface area contributed by atoms with Crippen molar-refractivity contribution < 1.29 is 9.53 Å². The normalized spacial score (nSPS) is 17.3. The lowest BCUT2D eigenvalue weighted by Gasteiger charge is -2.39. The number of fused-ring (bicyclic) bond motifs is 2. The van der Waals surface area contributed by atoms with Crippen molar-refractivity contribution in [3.63, 3.8) is 0 Å². The monoisotopic (exact) mass is 536 g/mol. The number of benzene rings is 3. The van der Waals surface area contributed by atoms with Crippen LogP contribution in [0, 0.1) is 6.92 Å². The fraction of sp³-hybridized carbons (Fsp3) is 0.387. The molecule has 1 fully saturated rings. The van der Waals surface area contributed by atoms with E-state index in [-0.39, 0.29) is 17.2 Å². The molecule has 4 nitrogen and oxygen atoms in total. The smallest absolute Gasteiger partial charge is 0.253 e. The van der Waals surface area contributed by atoms with E-state index in [1.165, 1.54) is 5.56 Å². The molecule has 1 spiro atoms. The van der Waals surface area contributed by atoms with Gasteiger partial charge in [0.1, 0.15) is 5.75 Å². The highest BCUT2D eigenvalue weighted by Crippen LogP contribution is 2.45. The Hall–Kier alpha value is -2.53. The van der Waals surface area contributed by atoms with E-state index in [2.05, 4.69) is 29.2 Å². The number of carbonyl (C=O) groups is 1. The van der Waals surface area contributed by atoms with Gasteiger partial charge in [-0.15, -0.1) is 0 Å². The van der Waals surface area contributed by atoms with E-state index < -0.39 is 0 Å². The number of para-hydroxylation sites is 1. The van der Waals surface area contributed by atoms with Gasteiger partial charge in [0.15, 0.2) is 0 Å². The minimum Gasteiger partial charge on any atom is -0.492 e. The fourth-order valence-electron chi connectivity index (χ4n) is 5.82. The van der Waals surface area contributed by atoms with E-state index in [0.29, 0.717) is 16.6 Å². The van der Waals surface area contributed by atoms with E-state index in [9.17, 15) is 4.79 Å². The summed E-state index contributed by atoms with van der Waals surface area (Å²) >= 11 is 12.6. The van der Waals surface area contributed by atoms with Gasteiger partial charge >= 0.3 is 0 Å². The summed E-state index contributed by atoms with van der Waals surface area (Å²) in [5.74, 6) is 1.24. The Morgan fingerprint density at radius 2 is 1.81 bits per heavy atom. The number of hydrogen-bond acceptors (Lipinski definition) is 3. The van der Waals surface area contributed by atoms with E-state index in [1.807, 2.05) is 61.3 Å². The maximum absolute atomic E-state index is 13.2. The molecule has 0 aromatic heterocycles. The second-order valence-corrected chi connectivity index (χ2v) is 11.4. The molecule has 6 heteroatoms. The summed E-state index contributed by atoms with van der Waals surface area (Å²) in [7, 11) is 1.89. The summed E-state index contributed by atoms with van der Waals surface area (Å²) in [6.45, 7) is 6.47. The first-order valence-corrected chi connectivity index (χ1v) is 13.8. The average molecular weight is 538 g/mol. The van der Waals surface area contributed by atoms with Gasteiger partial charge in [-0.25, -0.2) is 0 Å². The third-order valence-electron chi connectivity index (χ3n) is 8.09. The first-order chi connectivity index (χ1) is 17.8. The third-order valence-corrected chi connectivity index (χ3v) is 8.83. The third kappa shape index (κ3) is 5.67. The zero-order valence-electron chi connectivity index (χ0n) is 21.6. The van der Waals surface area contributed by atoms with E-state index in [4.69, 9.17) is 27.9 Å². The minimum atomic E-state index is 0.0357. The van der Waals surface area contributed by atoms with Gasteiger partial charge in [-0.1, -0.05) is 65.2 Å². The topological polar surface area (TPSA) is 32.8 Å². The standard InChI is InChI=1S/C31H34Cl2N2O2/c1-22-6-5-7-24(18-22)30(36)34(2)20-25(23-10-11-27(32)28(33)19-23)12-15-35-16-13-31(14-17-35)21-37-29-9-4-3-8-26(29)31/h3-11,18-19,25H,12-17,20-21H2,1-2H3. The van der Waals surface area contributed by atoms with Gasteiger partial charge in [0.2, 0.25) is 0 Å². The van der Waals surface area contributed by atoms with Crippen LogP contribution in [-0.2, 0) is 5.41 Å². The molecule has 194 valence electrons. The quantitative estimate of drug-likeness (QED) is 0.326. The maximum Gasteiger partial charge on any atom is 0.253 e. The lowest BCUT2D eigenvalue weighted by Crippen LogP contribution is -2.44. The molecule has 0 bridgehead atoms. The number of carbonyl (C=O) groups excluding carboxylic acids is 1. The van der Waals surface area contributed by atoms with Gasteiger partial charge in [0, 0.05) is 36.1 Å². The largest absolute Gasteiger partial charge is 0.492 e. The van der Waals surface area contributed by atoms with Crippen LogP contribution in [-0.4, -0.2) is 55.5 Å². The Morgan fingerprint density at radius 3 is 2.57 bits per heavy atom. The van der Waals surface area contributed by atoms with Crippen molar-refractivity contribution >= 4 is 29.1 Å². The first kappa shape index (κ1) is 26.1. The number of nitrogens with zero attached hydrogens (tertiary/aromatic N) is 2. The first-order valence-electron chi connectivity index (χ1n) is 13.1. The lowest BCUT2D eigenvalue weighted by atomic mass is 9.74. The summed E-state index contributed by atoms with van der Waals surface area (Å²) in [5, 5.41) is 1.10. The number of piperidine rings is 1. The average Bonchev–Trinajstić information content (AvgIpc) is 3.26. The number of rotatable bonds is 7. The summed E-state index contributed by atoms with van der Waals surface area (Å²) in [5.41, 5.74) is 4.44. The number of likely N-dealkylation sites (tertiary alicyclic amines) is 1. The Kier molecular flexibility index (Phi) is 7.80. The molecule has 1 saturated heterocycles. The molecule has 0 saturated carbocycles. The van der Waals surface area contributed by atoms with Crippen LogP contribution in [0.4, 0.5) is 0 Å². The van der Waals surface area contributed by atoms with Crippen molar-refractivity contribution in [1.29, 1.82) is 0 Å². The minimum absolute atomic E-state index is 0.0357. The Morgan fingerprint density at radius 1 is 1.03 bits per heavy atom. The predicted octanol–water partition coefficient (Wildman–Crippen LogP) is 6.97. The van der Waals surface area contributed by atoms with Crippen LogP contribution < -0.4 is 4.74 Å². The molecule has 1 unspecified atom stereocenters. The van der Waals surface area contributed by atoms with Crippen LogP contribution in [0.5, 0.6) is 5.75 Å². The number of likely N-dealkylation sites (N-methyl/N-ethyl adjacent to an activating group) is 1. The van der Waals surface area contributed by atoms with Crippen LogP contribution in [0.2, 0.25) is 10.0 Å². The van der Waals surface area contributed by atoms with Crippen LogP contribution in [0.1, 0.15) is 52.2 Å². The molecule has 0 radical (unpaired) electrons. The van der Waals surface area contributed by atoms with Crippen molar-refractivity contribution in [2.45, 2.75) is 37.5 Å². The zero-order valence-corrected chi connectivity index (χ0v) is 23.1. The molecule has 0 N–H and O–H groups in total. The SMILES string of the molecule is Cc1cccc(C(=O)N(C)CC(CCN2CCC3(CC2)COc2ccccc23)c2ccc(Cl)c(Cl)c2)c1. The number of hydrogen-bond donors (Lipinski definition) is 0. The molecule has 2 heterocycles.